The second-order valence-corrected chi connectivity index (χ2v) is 8.50. The first kappa shape index (κ1) is 25.9. The minimum absolute atomic E-state index is 0.0525. The largest absolute Gasteiger partial charge is 0.481 e. The van der Waals surface area contributed by atoms with Crippen LogP contribution in [0.3, 0.4) is 0 Å². The lowest BCUT2D eigenvalue weighted by molar-refractivity contribution is -0.137. The smallest absolute Gasteiger partial charge is 0.303 e. The number of carboxylic acids is 1. The highest BCUT2D eigenvalue weighted by Gasteiger charge is 2.44. The predicted octanol–water partition coefficient (Wildman–Crippen LogP) is -0.300. The number of hydrogen-bond donors (Lipinski definition) is 5. The van der Waals surface area contributed by atoms with Crippen LogP contribution in [0.4, 0.5) is 5.82 Å². The number of nitrogens with two attached hydrogens (primary N) is 1. The summed E-state index contributed by atoms with van der Waals surface area (Å²) in [7, 11) is 1.79. The van der Waals surface area contributed by atoms with Crippen molar-refractivity contribution >= 4 is 28.9 Å². The number of nitrogens with one attached hydrogen (secondary N) is 1. The molecule has 3 heterocycles. The van der Waals surface area contributed by atoms with E-state index >= 15 is 0 Å². The Bertz CT molecular complexity index is 970. The molecule has 13 nitrogen and oxygen atoms in total. The fourth-order valence-corrected chi connectivity index (χ4v) is 3.94. The number of unbranched alkanes of at least 4 members (excludes halogenated alkanes) is 2. The van der Waals surface area contributed by atoms with Gasteiger partial charge >= 0.3 is 5.97 Å². The zero-order valence-corrected chi connectivity index (χ0v) is 19.2. The lowest BCUT2D eigenvalue weighted by Crippen LogP contribution is -2.38. The number of carbonyl (C=O) groups is 2. The van der Waals surface area contributed by atoms with Crippen LogP contribution in [-0.4, -0.2) is 96.6 Å². The Morgan fingerprint density at radius 1 is 1.15 bits per heavy atom. The third kappa shape index (κ3) is 6.45. The van der Waals surface area contributed by atoms with E-state index in [4.69, 9.17) is 15.6 Å². The van der Waals surface area contributed by atoms with Crippen molar-refractivity contribution in [3.05, 3.63) is 12.7 Å². The zero-order chi connectivity index (χ0) is 24.7. The van der Waals surface area contributed by atoms with E-state index < -0.39 is 30.5 Å². The van der Waals surface area contributed by atoms with Crippen LogP contribution < -0.4 is 11.1 Å². The van der Waals surface area contributed by atoms with Crippen LogP contribution in [0, 0.1) is 0 Å². The van der Waals surface area contributed by atoms with Gasteiger partial charge in [0.05, 0.1) is 6.33 Å². The van der Waals surface area contributed by atoms with Gasteiger partial charge in [-0.3, -0.25) is 14.2 Å². The first-order valence-electron chi connectivity index (χ1n) is 11.4. The fourth-order valence-electron chi connectivity index (χ4n) is 3.94. The second kappa shape index (κ2) is 12.1. The number of hydrogen-bond acceptors (Lipinski definition) is 10. The molecule has 2 aromatic heterocycles. The van der Waals surface area contributed by atoms with Gasteiger partial charge in [-0.2, -0.15) is 0 Å². The van der Waals surface area contributed by atoms with Crippen LogP contribution in [-0.2, 0) is 14.3 Å². The third-order valence-corrected chi connectivity index (χ3v) is 5.76. The summed E-state index contributed by atoms with van der Waals surface area (Å²) in [6, 6.07) is 0. The Balaban J connectivity index is 1.66. The van der Waals surface area contributed by atoms with E-state index in [9.17, 15) is 19.8 Å². The highest BCUT2D eigenvalue weighted by atomic mass is 16.6. The Morgan fingerprint density at radius 2 is 1.94 bits per heavy atom. The summed E-state index contributed by atoms with van der Waals surface area (Å²) in [5, 5.41) is 32.7. The molecule has 3 rings (SSSR count). The number of aromatic nitrogens is 4. The number of rotatable bonds is 13. The van der Waals surface area contributed by atoms with E-state index in [2.05, 4.69) is 20.3 Å². The van der Waals surface area contributed by atoms with Crippen molar-refractivity contribution in [1.29, 1.82) is 0 Å². The fraction of sp³-hybridized carbons (Fsp3) is 0.667. The van der Waals surface area contributed by atoms with Gasteiger partial charge in [0, 0.05) is 19.4 Å². The molecule has 6 N–H and O–H groups in total. The van der Waals surface area contributed by atoms with Gasteiger partial charge in [0.2, 0.25) is 5.91 Å². The molecule has 0 radical (unpaired) electrons. The maximum absolute atomic E-state index is 12.3. The van der Waals surface area contributed by atoms with Crippen molar-refractivity contribution < 1.29 is 29.6 Å². The number of aliphatic carboxylic acids is 1. The number of anilines is 1. The average Bonchev–Trinajstić information content (AvgIpc) is 3.34. The number of aliphatic hydroxyl groups is 2. The molecule has 1 aliphatic rings. The molecule has 4 atom stereocenters. The van der Waals surface area contributed by atoms with Gasteiger partial charge in [-0.15, -0.1) is 0 Å². The van der Waals surface area contributed by atoms with Crippen LogP contribution in [0.25, 0.3) is 11.2 Å². The molecule has 1 saturated heterocycles. The van der Waals surface area contributed by atoms with Gasteiger partial charge in [0.15, 0.2) is 23.2 Å². The Kier molecular flexibility index (Phi) is 9.24. The second-order valence-electron chi connectivity index (χ2n) is 8.50. The Hall–Kier alpha value is -2.71. The van der Waals surface area contributed by atoms with Crippen molar-refractivity contribution in [3.8, 4) is 0 Å². The highest BCUT2D eigenvalue weighted by Crippen LogP contribution is 2.32. The zero-order valence-electron chi connectivity index (χ0n) is 19.2. The molecule has 0 unspecified atom stereocenters. The van der Waals surface area contributed by atoms with E-state index in [1.165, 1.54) is 17.2 Å². The topological polar surface area (TPSA) is 189 Å². The van der Waals surface area contributed by atoms with Crippen molar-refractivity contribution in [3.63, 3.8) is 0 Å². The predicted molar refractivity (Wildman–Crippen MR) is 122 cm³/mol. The first-order valence-corrected chi connectivity index (χ1v) is 11.4. The van der Waals surface area contributed by atoms with Gasteiger partial charge in [-0.1, -0.05) is 6.42 Å². The number of carboxylic acid groups (broad SMARTS) is 1. The molecule has 0 aromatic carbocycles. The van der Waals surface area contributed by atoms with Crippen molar-refractivity contribution in [1.82, 2.24) is 24.4 Å². The van der Waals surface area contributed by atoms with E-state index in [0.29, 0.717) is 43.6 Å². The van der Waals surface area contributed by atoms with Crippen molar-refractivity contribution in [2.45, 2.75) is 63.1 Å². The Labute approximate surface area is 196 Å². The number of amides is 1. The maximum Gasteiger partial charge on any atom is 0.303 e. The van der Waals surface area contributed by atoms with Gasteiger partial charge in [0.25, 0.3) is 0 Å². The molecule has 0 bridgehead atoms. The van der Waals surface area contributed by atoms with Crippen molar-refractivity contribution in [2.75, 3.05) is 32.0 Å². The van der Waals surface area contributed by atoms with E-state index in [1.807, 2.05) is 4.90 Å². The standard InChI is InChI=1S/C21H33N7O6/c1-27(9-5-7-15(30)31)10-13-17(32)18(33)21(34-13)28-12-25-16-19(23-11-24-20(16)28)26-14(29)6-3-2-4-8-22/h11-13,17-18,21,32-33H,2-10,22H2,1H3,(H,30,31)(H,23,24,26,29)/t13-,17-,18-,21-/m1/s1. The number of nitrogens with zero attached hydrogens (tertiary/aromatic N) is 5. The number of fused-ring (bicyclic) bond motifs is 1. The minimum Gasteiger partial charge on any atom is -0.481 e. The molecule has 2 aromatic rings. The molecular formula is C21H33N7O6. The summed E-state index contributed by atoms with van der Waals surface area (Å²) in [6.07, 6.45) is 2.01. The molecule has 0 saturated carbocycles. The lowest BCUT2D eigenvalue weighted by Gasteiger charge is -2.22. The van der Waals surface area contributed by atoms with E-state index in [1.54, 1.807) is 7.05 Å². The number of carbonyl (C=O) groups excluding carboxylic acids is 1. The highest BCUT2D eigenvalue weighted by molar-refractivity contribution is 5.96. The SMILES string of the molecule is CN(CCCC(=O)O)C[C@H]1O[C@@H](n2cnc3c(NC(=O)CCCCCN)ncnc32)[C@H](O)[C@@H]1O. The van der Waals surface area contributed by atoms with Gasteiger partial charge in [-0.25, -0.2) is 15.0 Å². The number of imidazole rings is 1. The summed E-state index contributed by atoms with van der Waals surface area (Å²) in [4.78, 5) is 37.4. The van der Waals surface area contributed by atoms with Crippen LogP contribution in [0.15, 0.2) is 12.7 Å². The van der Waals surface area contributed by atoms with Gasteiger partial charge in [-0.05, 0) is 39.4 Å². The van der Waals surface area contributed by atoms with Gasteiger partial charge in [0.1, 0.15) is 24.6 Å². The summed E-state index contributed by atoms with van der Waals surface area (Å²) in [6.45, 7) is 1.41. The molecule has 0 spiro atoms. The number of likely N-dealkylation sites (N-methyl/N-ethyl adjacent to an activating group) is 1. The molecule has 34 heavy (non-hydrogen) atoms. The molecule has 1 aliphatic heterocycles. The molecule has 13 heteroatoms. The van der Waals surface area contributed by atoms with Crippen LogP contribution >= 0.6 is 0 Å². The summed E-state index contributed by atoms with van der Waals surface area (Å²) < 4.78 is 7.45. The maximum atomic E-state index is 12.3. The molecule has 0 aliphatic carbocycles. The number of aliphatic hydroxyl groups excluding tert-OH is 2. The molecule has 1 amide bonds. The Morgan fingerprint density at radius 3 is 2.68 bits per heavy atom. The third-order valence-electron chi connectivity index (χ3n) is 5.76. The molecular weight excluding hydrogens is 446 g/mol. The minimum atomic E-state index is -1.23. The van der Waals surface area contributed by atoms with Gasteiger partial charge < -0.3 is 36.0 Å². The molecule has 1 fully saturated rings. The lowest BCUT2D eigenvalue weighted by atomic mass is 10.1. The summed E-state index contributed by atoms with van der Waals surface area (Å²) >= 11 is 0. The monoisotopic (exact) mass is 479 g/mol. The van der Waals surface area contributed by atoms with E-state index in [-0.39, 0.29) is 18.1 Å². The first-order chi connectivity index (χ1) is 16.3. The quantitative estimate of drug-likeness (QED) is 0.237. The number of ether oxygens (including phenoxy) is 1. The summed E-state index contributed by atoms with van der Waals surface area (Å²) in [5.41, 5.74) is 6.16. The van der Waals surface area contributed by atoms with Crippen LogP contribution in [0.5, 0.6) is 0 Å². The molecule has 188 valence electrons. The van der Waals surface area contributed by atoms with Crippen LogP contribution in [0.2, 0.25) is 0 Å². The normalized spacial score (nSPS) is 22.5. The average molecular weight is 480 g/mol. The van der Waals surface area contributed by atoms with Crippen molar-refractivity contribution in [2.24, 2.45) is 5.73 Å². The van der Waals surface area contributed by atoms with Crippen LogP contribution in [0.1, 0.15) is 44.8 Å². The summed E-state index contributed by atoms with van der Waals surface area (Å²) in [5.74, 6) is -0.794. The van der Waals surface area contributed by atoms with E-state index in [0.717, 1.165) is 19.3 Å².